The molecule has 0 bridgehead atoms. The summed E-state index contributed by atoms with van der Waals surface area (Å²) in [5.74, 6) is -1.24. The first-order valence-electron chi connectivity index (χ1n) is 4.31. The monoisotopic (exact) mass is 196 g/mol. The molecular formula is C10H9FO3. The Hall–Kier alpha value is -1.58. The molecule has 1 atom stereocenters. The first kappa shape index (κ1) is 8.99. The number of halogens is 1. The first-order valence-corrected chi connectivity index (χ1v) is 4.31. The molecule has 1 N–H and O–H groups in total. The van der Waals surface area contributed by atoms with Crippen molar-refractivity contribution < 1.29 is 19.0 Å². The summed E-state index contributed by atoms with van der Waals surface area (Å²) in [5.41, 5.74) is 0.628. The standard InChI is InChI=1S/C10H9FO3/c11-8-1-2-9-6(4-8)3-7(5-14-9)10(12)13/h1-2,4,7H,3,5H2,(H,12,13)/t7-/m1/s1. The van der Waals surface area contributed by atoms with E-state index in [0.717, 1.165) is 0 Å². The van der Waals surface area contributed by atoms with E-state index in [-0.39, 0.29) is 12.4 Å². The van der Waals surface area contributed by atoms with Gasteiger partial charge in [0, 0.05) is 0 Å². The van der Waals surface area contributed by atoms with Crippen LogP contribution in [0.1, 0.15) is 5.56 Å². The van der Waals surface area contributed by atoms with Crippen LogP contribution in [0.3, 0.4) is 0 Å². The van der Waals surface area contributed by atoms with Crippen LogP contribution in [-0.2, 0) is 11.2 Å². The number of hydrogen-bond acceptors (Lipinski definition) is 2. The molecule has 74 valence electrons. The Bertz CT molecular complexity index is 376. The lowest BCUT2D eigenvalue weighted by Crippen LogP contribution is -2.27. The van der Waals surface area contributed by atoms with Gasteiger partial charge in [0.2, 0.25) is 0 Å². The fourth-order valence-corrected chi connectivity index (χ4v) is 1.52. The maximum absolute atomic E-state index is 12.8. The molecular weight excluding hydrogens is 187 g/mol. The number of carboxylic acids is 1. The van der Waals surface area contributed by atoms with Gasteiger partial charge in [-0.2, -0.15) is 0 Å². The van der Waals surface area contributed by atoms with E-state index in [1.54, 1.807) is 0 Å². The van der Waals surface area contributed by atoms with E-state index < -0.39 is 11.9 Å². The fourth-order valence-electron chi connectivity index (χ4n) is 1.52. The Balaban J connectivity index is 2.29. The molecule has 0 spiro atoms. The molecule has 0 unspecified atom stereocenters. The molecule has 14 heavy (non-hydrogen) atoms. The highest BCUT2D eigenvalue weighted by molar-refractivity contribution is 5.71. The first-order chi connectivity index (χ1) is 6.66. The Morgan fingerprint density at radius 3 is 3.07 bits per heavy atom. The minimum absolute atomic E-state index is 0.161. The minimum atomic E-state index is -0.903. The van der Waals surface area contributed by atoms with Gasteiger partial charge in [-0.15, -0.1) is 0 Å². The van der Waals surface area contributed by atoms with Crippen LogP contribution in [-0.4, -0.2) is 17.7 Å². The van der Waals surface area contributed by atoms with Crippen molar-refractivity contribution in [3.05, 3.63) is 29.6 Å². The molecule has 1 aliphatic heterocycles. The molecule has 0 radical (unpaired) electrons. The third-order valence-corrected chi connectivity index (χ3v) is 2.28. The average Bonchev–Trinajstić information content (AvgIpc) is 2.16. The number of hydrogen-bond donors (Lipinski definition) is 1. The summed E-state index contributed by atoms with van der Waals surface area (Å²) < 4.78 is 18.0. The van der Waals surface area contributed by atoms with Gasteiger partial charge in [0.15, 0.2) is 0 Å². The van der Waals surface area contributed by atoms with Crippen molar-refractivity contribution in [1.29, 1.82) is 0 Å². The van der Waals surface area contributed by atoms with E-state index in [1.807, 2.05) is 0 Å². The highest BCUT2D eigenvalue weighted by atomic mass is 19.1. The second-order valence-corrected chi connectivity index (χ2v) is 3.30. The molecule has 2 rings (SSSR count). The third-order valence-electron chi connectivity index (χ3n) is 2.28. The number of benzene rings is 1. The van der Waals surface area contributed by atoms with Crippen molar-refractivity contribution in [2.45, 2.75) is 6.42 Å². The van der Waals surface area contributed by atoms with Gasteiger partial charge in [-0.3, -0.25) is 4.79 Å². The van der Waals surface area contributed by atoms with E-state index in [2.05, 4.69) is 0 Å². The molecule has 0 saturated heterocycles. The van der Waals surface area contributed by atoms with Crippen LogP contribution in [0.5, 0.6) is 5.75 Å². The summed E-state index contributed by atoms with van der Waals surface area (Å²) in [4.78, 5) is 10.7. The number of fused-ring (bicyclic) bond motifs is 1. The summed E-state index contributed by atoms with van der Waals surface area (Å²) in [5, 5.41) is 8.76. The van der Waals surface area contributed by atoms with E-state index in [4.69, 9.17) is 9.84 Å². The van der Waals surface area contributed by atoms with Crippen LogP contribution in [0, 0.1) is 11.7 Å². The van der Waals surface area contributed by atoms with E-state index in [9.17, 15) is 9.18 Å². The number of rotatable bonds is 1. The molecule has 0 aromatic heterocycles. The largest absolute Gasteiger partial charge is 0.492 e. The Morgan fingerprint density at radius 1 is 1.57 bits per heavy atom. The van der Waals surface area contributed by atoms with Crippen molar-refractivity contribution in [3.8, 4) is 5.75 Å². The summed E-state index contributed by atoms with van der Waals surface area (Å²) in [6.45, 7) is 0.161. The Kier molecular flexibility index (Phi) is 2.11. The zero-order valence-corrected chi connectivity index (χ0v) is 7.37. The molecule has 1 aromatic carbocycles. The highest BCUT2D eigenvalue weighted by Crippen LogP contribution is 2.27. The van der Waals surface area contributed by atoms with Gasteiger partial charge >= 0.3 is 5.97 Å². The summed E-state index contributed by atoms with van der Waals surface area (Å²) >= 11 is 0. The van der Waals surface area contributed by atoms with Gasteiger partial charge in [0.25, 0.3) is 0 Å². The third kappa shape index (κ3) is 1.55. The van der Waals surface area contributed by atoms with Gasteiger partial charge in [0.1, 0.15) is 18.2 Å². The number of carboxylic acid groups (broad SMARTS) is 1. The molecule has 1 aliphatic rings. The van der Waals surface area contributed by atoms with Gasteiger partial charge in [-0.25, -0.2) is 4.39 Å². The second-order valence-electron chi connectivity index (χ2n) is 3.30. The summed E-state index contributed by atoms with van der Waals surface area (Å²) in [6, 6.07) is 4.16. The molecule has 1 aromatic rings. The minimum Gasteiger partial charge on any atom is -0.492 e. The molecule has 0 amide bonds. The predicted octanol–water partition coefficient (Wildman–Crippen LogP) is 1.46. The number of ether oxygens (including phenoxy) is 1. The maximum atomic E-state index is 12.8. The van der Waals surface area contributed by atoms with Crippen molar-refractivity contribution >= 4 is 5.97 Å². The van der Waals surface area contributed by atoms with Crippen LogP contribution in [0.25, 0.3) is 0 Å². The van der Waals surface area contributed by atoms with E-state index >= 15 is 0 Å². The molecule has 1 heterocycles. The van der Waals surface area contributed by atoms with Crippen molar-refractivity contribution in [1.82, 2.24) is 0 Å². The number of aliphatic carboxylic acids is 1. The van der Waals surface area contributed by atoms with Crippen molar-refractivity contribution in [2.75, 3.05) is 6.61 Å². The van der Waals surface area contributed by atoms with Crippen molar-refractivity contribution in [2.24, 2.45) is 5.92 Å². The normalized spacial score (nSPS) is 19.6. The van der Waals surface area contributed by atoms with Crippen LogP contribution in [0.2, 0.25) is 0 Å². The highest BCUT2D eigenvalue weighted by Gasteiger charge is 2.25. The molecule has 0 aliphatic carbocycles. The van der Waals surface area contributed by atoms with E-state index in [1.165, 1.54) is 18.2 Å². The zero-order chi connectivity index (χ0) is 10.1. The number of carbonyl (C=O) groups is 1. The van der Waals surface area contributed by atoms with Crippen LogP contribution in [0.4, 0.5) is 4.39 Å². The molecule has 0 saturated carbocycles. The lowest BCUT2D eigenvalue weighted by molar-refractivity contribution is -0.143. The van der Waals surface area contributed by atoms with Crippen LogP contribution in [0.15, 0.2) is 18.2 Å². The smallest absolute Gasteiger partial charge is 0.310 e. The quantitative estimate of drug-likeness (QED) is 0.739. The SMILES string of the molecule is O=C(O)[C@H]1COc2ccc(F)cc2C1. The van der Waals surface area contributed by atoms with Crippen LogP contribution >= 0.6 is 0 Å². The molecule has 0 fully saturated rings. The molecule has 3 nitrogen and oxygen atoms in total. The van der Waals surface area contributed by atoms with E-state index in [0.29, 0.717) is 17.7 Å². The summed E-state index contributed by atoms with van der Waals surface area (Å²) in [6.07, 6.45) is 0.336. The lowest BCUT2D eigenvalue weighted by Gasteiger charge is -2.22. The second kappa shape index (κ2) is 3.29. The topological polar surface area (TPSA) is 46.5 Å². The van der Waals surface area contributed by atoms with Gasteiger partial charge in [-0.05, 0) is 30.2 Å². The Morgan fingerprint density at radius 2 is 2.36 bits per heavy atom. The lowest BCUT2D eigenvalue weighted by atomic mass is 9.97. The van der Waals surface area contributed by atoms with Gasteiger partial charge < -0.3 is 9.84 Å². The predicted molar refractivity (Wildman–Crippen MR) is 46.7 cm³/mol. The fraction of sp³-hybridized carbons (Fsp3) is 0.300. The summed E-state index contributed by atoms with van der Waals surface area (Å²) in [7, 11) is 0. The van der Waals surface area contributed by atoms with Gasteiger partial charge in [0.05, 0.1) is 5.92 Å². The van der Waals surface area contributed by atoms with Crippen molar-refractivity contribution in [3.63, 3.8) is 0 Å². The Labute approximate surface area is 80.1 Å². The average molecular weight is 196 g/mol. The van der Waals surface area contributed by atoms with Gasteiger partial charge in [-0.1, -0.05) is 0 Å². The van der Waals surface area contributed by atoms with Crippen LogP contribution < -0.4 is 4.74 Å². The maximum Gasteiger partial charge on any atom is 0.310 e. The molecule has 4 heteroatoms. The zero-order valence-electron chi connectivity index (χ0n) is 7.37.